The maximum Gasteiger partial charge on any atom is 0.329 e. The smallest absolute Gasteiger partial charge is 0.329 e. The molecule has 2 aromatic rings. The fraction of sp³-hybridized carbons (Fsp3) is 0.409. The van der Waals surface area contributed by atoms with Gasteiger partial charge in [-0.15, -0.1) is 0 Å². The number of Topliss-reactive ketones (excluding diaryl/α,β-unsaturated/α-hetero) is 1. The Morgan fingerprint density at radius 2 is 1.76 bits per heavy atom. The first-order valence-corrected chi connectivity index (χ1v) is 9.62. The van der Waals surface area contributed by atoms with Crippen molar-refractivity contribution in [2.45, 2.75) is 40.7 Å². The maximum absolute atomic E-state index is 12.5. The largest absolute Gasteiger partial charge is 0.494 e. The number of carbonyl (C=O) groups is 3. The summed E-state index contributed by atoms with van der Waals surface area (Å²) >= 11 is 0. The summed E-state index contributed by atoms with van der Waals surface area (Å²) in [6, 6.07) is 7.50. The number of carbonyl (C=O) groups excluding carboxylic acids is 3. The van der Waals surface area contributed by atoms with Crippen LogP contribution in [0.1, 0.15) is 52.9 Å². The predicted octanol–water partition coefficient (Wildman–Crippen LogP) is 3.21. The van der Waals surface area contributed by atoms with E-state index >= 15 is 0 Å². The van der Waals surface area contributed by atoms with Crippen molar-refractivity contribution < 1.29 is 23.9 Å². The molecule has 7 nitrogen and oxygen atoms in total. The van der Waals surface area contributed by atoms with Crippen molar-refractivity contribution in [1.29, 1.82) is 0 Å². The number of hydrogen-bond acceptors (Lipinski definition) is 5. The van der Waals surface area contributed by atoms with Crippen molar-refractivity contribution in [1.82, 2.24) is 10.3 Å². The van der Waals surface area contributed by atoms with Gasteiger partial charge in [0.1, 0.15) is 11.8 Å². The summed E-state index contributed by atoms with van der Waals surface area (Å²) in [5.74, 6) is -0.872. The van der Waals surface area contributed by atoms with Gasteiger partial charge in [0.05, 0.1) is 6.61 Å². The van der Waals surface area contributed by atoms with Crippen LogP contribution in [0.2, 0.25) is 0 Å². The SMILES string of the molecule is CCOc1ccc(C(=O)N[C@H](C(=O)OCC(=O)c2cc(C)[nH]c2C)C(C)C)cc1. The summed E-state index contributed by atoms with van der Waals surface area (Å²) in [5, 5.41) is 2.69. The van der Waals surface area contributed by atoms with Gasteiger partial charge < -0.3 is 19.8 Å². The first-order chi connectivity index (χ1) is 13.7. The van der Waals surface area contributed by atoms with Gasteiger partial charge in [-0.05, 0) is 57.0 Å². The zero-order valence-electron chi connectivity index (χ0n) is 17.5. The summed E-state index contributed by atoms with van der Waals surface area (Å²) in [6.07, 6.45) is 0. The van der Waals surface area contributed by atoms with Crippen LogP contribution in [-0.2, 0) is 9.53 Å². The third-order valence-corrected chi connectivity index (χ3v) is 4.43. The van der Waals surface area contributed by atoms with Gasteiger partial charge in [-0.3, -0.25) is 9.59 Å². The monoisotopic (exact) mass is 400 g/mol. The predicted molar refractivity (Wildman–Crippen MR) is 109 cm³/mol. The number of rotatable bonds is 9. The van der Waals surface area contributed by atoms with Crippen LogP contribution in [0.15, 0.2) is 30.3 Å². The maximum atomic E-state index is 12.5. The van der Waals surface area contributed by atoms with E-state index in [9.17, 15) is 14.4 Å². The minimum atomic E-state index is -0.865. The molecule has 0 saturated carbocycles. The molecule has 1 aromatic heterocycles. The lowest BCUT2D eigenvalue weighted by Gasteiger charge is -2.20. The van der Waals surface area contributed by atoms with Crippen molar-refractivity contribution in [3.05, 3.63) is 52.8 Å². The Bertz CT molecular complexity index is 868. The van der Waals surface area contributed by atoms with Crippen LogP contribution in [0.3, 0.4) is 0 Å². The molecule has 0 aliphatic carbocycles. The average molecular weight is 400 g/mol. The zero-order valence-corrected chi connectivity index (χ0v) is 17.5. The Morgan fingerprint density at radius 3 is 2.28 bits per heavy atom. The highest BCUT2D eigenvalue weighted by atomic mass is 16.5. The first-order valence-electron chi connectivity index (χ1n) is 9.62. The molecule has 0 fully saturated rings. The van der Waals surface area contributed by atoms with Crippen LogP contribution in [-0.4, -0.2) is 41.9 Å². The quantitative estimate of drug-likeness (QED) is 0.498. The van der Waals surface area contributed by atoms with E-state index < -0.39 is 17.9 Å². The summed E-state index contributed by atoms with van der Waals surface area (Å²) in [4.78, 5) is 40.4. The number of aromatic amines is 1. The number of aromatic nitrogens is 1. The molecule has 1 amide bonds. The molecule has 1 aromatic carbocycles. The molecule has 0 unspecified atom stereocenters. The van der Waals surface area contributed by atoms with Crippen LogP contribution >= 0.6 is 0 Å². The second kappa shape index (κ2) is 9.91. The van der Waals surface area contributed by atoms with Gasteiger partial charge in [0.15, 0.2) is 6.61 Å². The van der Waals surface area contributed by atoms with Crippen molar-refractivity contribution in [3.63, 3.8) is 0 Å². The highest BCUT2D eigenvalue weighted by Crippen LogP contribution is 2.14. The molecular formula is C22H28N2O5. The Kier molecular flexibility index (Phi) is 7.59. The Balaban J connectivity index is 1.98. The molecule has 2 rings (SSSR count). The van der Waals surface area contributed by atoms with Gasteiger partial charge >= 0.3 is 5.97 Å². The van der Waals surface area contributed by atoms with Gasteiger partial charge in [-0.25, -0.2) is 4.79 Å². The third kappa shape index (κ3) is 5.94. The van der Waals surface area contributed by atoms with Crippen molar-refractivity contribution in [2.75, 3.05) is 13.2 Å². The Morgan fingerprint density at radius 1 is 1.10 bits per heavy atom. The Hall–Kier alpha value is -3.09. The van der Waals surface area contributed by atoms with Gasteiger partial charge in [-0.2, -0.15) is 0 Å². The molecule has 0 radical (unpaired) electrons. The lowest BCUT2D eigenvalue weighted by atomic mass is 10.0. The number of H-pyrrole nitrogens is 1. The molecule has 0 spiro atoms. The molecular weight excluding hydrogens is 372 g/mol. The number of aryl methyl sites for hydroxylation is 2. The molecule has 156 valence electrons. The molecule has 0 aliphatic heterocycles. The second-order valence-corrected chi connectivity index (χ2v) is 7.17. The summed E-state index contributed by atoms with van der Waals surface area (Å²) in [7, 11) is 0. The van der Waals surface area contributed by atoms with Crippen molar-refractivity contribution in [3.8, 4) is 5.75 Å². The van der Waals surface area contributed by atoms with E-state index in [0.29, 0.717) is 23.5 Å². The van der Waals surface area contributed by atoms with Gasteiger partial charge in [0.25, 0.3) is 5.91 Å². The zero-order chi connectivity index (χ0) is 21.6. The van der Waals surface area contributed by atoms with Crippen LogP contribution in [0.4, 0.5) is 0 Å². The van der Waals surface area contributed by atoms with E-state index in [0.717, 1.165) is 11.4 Å². The fourth-order valence-corrected chi connectivity index (χ4v) is 2.91. The van der Waals surface area contributed by atoms with Crippen LogP contribution in [0.5, 0.6) is 5.75 Å². The molecule has 0 bridgehead atoms. The van der Waals surface area contributed by atoms with Crippen LogP contribution < -0.4 is 10.1 Å². The lowest BCUT2D eigenvalue weighted by Crippen LogP contribution is -2.45. The van der Waals surface area contributed by atoms with E-state index in [1.807, 2.05) is 13.8 Å². The molecule has 1 atom stereocenters. The Labute approximate surface area is 170 Å². The average Bonchev–Trinajstić information content (AvgIpc) is 3.02. The molecule has 7 heteroatoms. The third-order valence-electron chi connectivity index (χ3n) is 4.43. The van der Waals surface area contributed by atoms with Crippen LogP contribution in [0.25, 0.3) is 0 Å². The van der Waals surface area contributed by atoms with E-state index in [1.165, 1.54) is 0 Å². The van der Waals surface area contributed by atoms with Gasteiger partial charge in [-0.1, -0.05) is 13.8 Å². The molecule has 2 N–H and O–H groups in total. The number of ketones is 1. The number of ether oxygens (including phenoxy) is 2. The van der Waals surface area contributed by atoms with Crippen molar-refractivity contribution >= 4 is 17.7 Å². The molecule has 29 heavy (non-hydrogen) atoms. The summed E-state index contributed by atoms with van der Waals surface area (Å²) in [6.45, 7) is 9.27. The second-order valence-electron chi connectivity index (χ2n) is 7.17. The molecule has 0 aliphatic rings. The highest BCUT2D eigenvalue weighted by Gasteiger charge is 2.27. The minimum absolute atomic E-state index is 0.208. The standard InChI is InChI=1S/C22H28N2O5/c1-6-28-17-9-7-16(8-10-17)21(26)24-20(13(2)3)22(27)29-12-19(25)18-11-14(4)23-15(18)5/h7-11,13,20,23H,6,12H2,1-5H3,(H,24,26)/t20-/m0/s1. The summed E-state index contributed by atoms with van der Waals surface area (Å²) < 4.78 is 10.6. The van der Waals surface area contributed by atoms with E-state index in [4.69, 9.17) is 9.47 Å². The number of amides is 1. The van der Waals surface area contributed by atoms with E-state index in [1.54, 1.807) is 51.1 Å². The first kappa shape index (κ1) is 22.2. The fourth-order valence-electron chi connectivity index (χ4n) is 2.91. The topological polar surface area (TPSA) is 97.5 Å². The van der Waals surface area contributed by atoms with E-state index in [2.05, 4.69) is 10.3 Å². The lowest BCUT2D eigenvalue weighted by molar-refractivity contribution is -0.145. The number of hydrogen-bond donors (Lipinski definition) is 2. The number of esters is 1. The number of nitrogens with one attached hydrogen (secondary N) is 2. The van der Waals surface area contributed by atoms with E-state index in [-0.39, 0.29) is 18.3 Å². The summed E-state index contributed by atoms with van der Waals surface area (Å²) in [5.41, 5.74) is 2.49. The molecule has 1 heterocycles. The molecule has 0 saturated heterocycles. The van der Waals surface area contributed by atoms with Crippen molar-refractivity contribution in [2.24, 2.45) is 5.92 Å². The van der Waals surface area contributed by atoms with Gasteiger partial charge in [0, 0.05) is 22.5 Å². The normalized spacial score (nSPS) is 11.8. The van der Waals surface area contributed by atoms with Crippen LogP contribution in [0, 0.1) is 19.8 Å². The highest BCUT2D eigenvalue weighted by molar-refractivity contribution is 6.00. The van der Waals surface area contributed by atoms with Gasteiger partial charge in [0.2, 0.25) is 5.78 Å². The number of benzene rings is 1. The minimum Gasteiger partial charge on any atom is -0.494 e.